The molecule has 9 nitrogen and oxygen atoms in total. The van der Waals surface area contributed by atoms with Gasteiger partial charge in [-0.15, -0.1) is 10.2 Å². The minimum absolute atomic E-state index is 0.229. The van der Waals surface area contributed by atoms with Gasteiger partial charge in [-0.05, 0) is 42.5 Å². The van der Waals surface area contributed by atoms with Gasteiger partial charge in [-0.2, -0.15) is 0 Å². The molecule has 0 saturated carbocycles. The summed E-state index contributed by atoms with van der Waals surface area (Å²) in [7, 11) is 6.11. The van der Waals surface area contributed by atoms with Crippen molar-refractivity contribution in [3.8, 4) is 40.1 Å². The number of hydrogen-bond donors (Lipinski definition) is 1. The van der Waals surface area contributed by atoms with E-state index in [9.17, 15) is 4.79 Å². The Labute approximate surface area is 186 Å². The molecule has 9 heteroatoms. The highest BCUT2D eigenvalue weighted by Gasteiger charge is 2.16. The maximum atomic E-state index is 12.5. The predicted molar refractivity (Wildman–Crippen MR) is 118 cm³/mol. The molecule has 0 aliphatic rings. The van der Waals surface area contributed by atoms with Gasteiger partial charge in [-0.3, -0.25) is 4.79 Å². The third-order valence-electron chi connectivity index (χ3n) is 4.59. The summed E-state index contributed by atoms with van der Waals surface area (Å²) in [5.74, 6) is 2.07. The Kier molecular flexibility index (Phi) is 7.69. The molecule has 168 valence electrons. The Hall–Kier alpha value is -4.01. The number of nitrogens with zero attached hydrogens (tertiary/aromatic N) is 2. The number of amides is 1. The monoisotopic (exact) mass is 439 g/mol. The minimum Gasteiger partial charge on any atom is -0.497 e. The Morgan fingerprint density at radius 3 is 2.06 bits per heavy atom. The molecule has 0 unspecified atom stereocenters. The van der Waals surface area contributed by atoms with E-state index in [-0.39, 0.29) is 19.1 Å². The molecule has 2 aromatic carbocycles. The van der Waals surface area contributed by atoms with Crippen molar-refractivity contribution >= 4 is 5.91 Å². The first-order valence-electron chi connectivity index (χ1n) is 9.78. The lowest BCUT2D eigenvalue weighted by Crippen LogP contribution is -2.28. The van der Waals surface area contributed by atoms with Crippen molar-refractivity contribution in [1.82, 2.24) is 15.5 Å². The smallest absolute Gasteiger partial charge is 0.251 e. The highest BCUT2D eigenvalue weighted by atomic mass is 16.5. The number of benzene rings is 2. The summed E-state index contributed by atoms with van der Waals surface area (Å²) in [6, 6.07) is 14.2. The van der Waals surface area contributed by atoms with Crippen molar-refractivity contribution in [2.45, 2.75) is 0 Å². The number of carbonyl (C=O) groups is 1. The zero-order valence-corrected chi connectivity index (χ0v) is 18.4. The molecule has 3 aromatic rings. The highest BCUT2D eigenvalue weighted by molar-refractivity contribution is 5.95. The van der Waals surface area contributed by atoms with Crippen molar-refractivity contribution < 1.29 is 28.5 Å². The molecule has 0 fully saturated rings. The third-order valence-corrected chi connectivity index (χ3v) is 4.59. The van der Waals surface area contributed by atoms with Gasteiger partial charge >= 0.3 is 0 Å². The molecule has 0 atom stereocenters. The number of nitrogens with one attached hydrogen (secondary N) is 1. The van der Waals surface area contributed by atoms with E-state index in [0.29, 0.717) is 28.7 Å². The molecule has 0 saturated heterocycles. The van der Waals surface area contributed by atoms with Crippen LogP contribution in [-0.2, 0) is 0 Å². The van der Waals surface area contributed by atoms with Gasteiger partial charge in [-0.25, -0.2) is 0 Å². The summed E-state index contributed by atoms with van der Waals surface area (Å²) in [6.45, 7) is 0.504. The van der Waals surface area contributed by atoms with E-state index < -0.39 is 0 Å². The largest absolute Gasteiger partial charge is 0.497 e. The standard InChI is InChI=1S/C23H25N3O6/c1-28-17-7-5-15(6-8-17)18-9-10-21(26-25-18)32-12-11-24-23(27)16-13-19(29-2)22(31-4)20(14-16)30-3/h5-10,13-14H,11-12H2,1-4H3,(H,24,27). The molecule has 0 aliphatic carbocycles. The van der Waals surface area contributed by atoms with Gasteiger partial charge in [-0.1, -0.05) is 0 Å². The number of ether oxygens (including phenoxy) is 5. The predicted octanol–water partition coefficient (Wildman–Crippen LogP) is 2.99. The Morgan fingerprint density at radius 1 is 0.844 bits per heavy atom. The SMILES string of the molecule is COc1ccc(-c2ccc(OCCNC(=O)c3cc(OC)c(OC)c(OC)c3)nn2)cc1. The van der Waals surface area contributed by atoms with Crippen molar-refractivity contribution in [2.24, 2.45) is 0 Å². The molecule has 1 aromatic heterocycles. The molecule has 1 heterocycles. The number of methoxy groups -OCH3 is 4. The first-order chi connectivity index (χ1) is 15.6. The summed E-state index contributed by atoms with van der Waals surface area (Å²) in [4.78, 5) is 12.5. The summed E-state index contributed by atoms with van der Waals surface area (Å²) in [5.41, 5.74) is 2.02. The van der Waals surface area contributed by atoms with Crippen LogP contribution in [0, 0.1) is 0 Å². The number of hydrogen-bond acceptors (Lipinski definition) is 8. The second kappa shape index (κ2) is 10.9. The topological polar surface area (TPSA) is 101 Å². The zero-order valence-electron chi connectivity index (χ0n) is 18.4. The van der Waals surface area contributed by atoms with Crippen LogP contribution in [0.15, 0.2) is 48.5 Å². The van der Waals surface area contributed by atoms with Crippen molar-refractivity contribution in [2.75, 3.05) is 41.6 Å². The quantitative estimate of drug-likeness (QED) is 0.481. The molecule has 0 radical (unpaired) electrons. The summed E-state index contributed by atoms with van der Waals surface area (Å²) in [6.07, 6.45) is 0. The lowest BCUT2D eigenvalue weighted by atomic mass is 10.1. The zero-order chi connectivity index (χ0) is 22.9. The first-order valence-corrected chi connectivity index (χ1v) is 9.78. The van der Waals surface area contributed by atoms with Crippen LogP contribution < -0.4 is 29.0 Å². The number of carbonyl (C=O) groups excluding carboxylic acids is 1. The van der Waals surface area contributed by atoms with E-state index in [1.165, 1.54) is 21.3 Å². The van der Waals surface area contributed by atoms with E-state index in [0.717, 1.165) is 17.0 Å². The molecule has 32 heavy (non-hydrogen) atoms. The molecule has 3 rings (SSSR count). The summed E-state index contributed by atoms with van der Waals surface area (Å²) < 4.78 is 26.5. The molecule has 0 aliphatic heterocycles. The summed E-state index contributed by atoms with van der Waals surface area (Å²) >= 11 is 0. The van der Waals surface area contributed by atoms with Gasteiger partial charge in [0, 0.05) is 17.2 Å². The van der Waals surface area contributed by atoms with E-state index in [4.69, 9.17) is 23.7 Å². The van der Waals surface area contributed by atoms with Crippen LogP contribution >= 0.6 is 0 Å². The normalized spacial score (nSPS) is 10.2. The van der Waals surface area contributed by atoms with Crippen LogP contribution in [0.4, 0.5) is 0 Å². The summed E-state index contributed by atoms with van der Waals surface area (Å²) in [5, 5.41) is 11.0. The number of aromatic nitrogens is 2. The van der Waals surface area contributed by atoms with Gasteiger partial charge in [0.05, 0.1) is 40.7 Å². The van der Waals surface area contributed by atoms with Gasteiger partial charge in [0.15, 0.2) is 11.5 Å². The van der Waals surface area contributed by atoms with Crippen LogP contribution in [-0.4, -0.2) is 57.7 Å². The van der Waals surface area contributed by atoms with Gasteiger partial charge in [0.2, 0.25) is 11.6 Å². The lowest BCUT2D eigenvalue weighted by Gasteiger charge is -2.14. The fourth-order valence-corrected chi connectivity index (χ4v) is 2.95. The Balaban J connectivity index is 1.53. The van der Waals surface area contributed by atoms with Crippen LogP contribution in [0.3, 0.4) is 0 Å². The van der Waals surface area contributed by atoms with Gasteiger partial charge < -0.3 is 29.0 Å². The Morgan fingerprint density at radius 2 is 1.53 bits per heavy atom. The fraction of sp³-hybridized carbons (Fsp3) is 0.261. The number of rotatable bonds is 10. The molecule has 1 amide bonds. The van der Waals surface area contributed by atoms with Crippen molar-refractivity contribution in [1.29, 1.82) is 0 Å². The van der Waals surface area contributed by atoms with E-state index in [1.807, 2.05) is 30.3 Å². The van der Waals surface area contributed by atoms with Gasteiger partial charge in [0.25, 0.3) is 5.91 Å². The molecular weight excluding hydrogens is 414 g/mol. The van der Waals surface area contributed by atoms with Crippen LogP contribution in [0.25, 0.3) is 11.3 Å². The first kappa shape index (κ1) is 22.7. The average molecular weight is 439 g/mol. The Bertz CT molecular complexity index is 1010. The minimum atomic E-state index is -0.297. The van der Waals surface area contributed by atoms with E-state index in [2.05, 4.69) is 15.5 Å². The maximum absolute atomic E-state index is 12.5. The second-order valence-corrected chi connectivity index (χ2v) is 6.50. The van der Waals surface area contributed by atoms with Gasteiger partial charge in [0.1, 0.15) is 12.4 Å². The molecule has 1 N–H and O–H groups in total. The van der Waals surface area contributed by atoms with E-state index in [1.54, 1.807) is 25.3 Å². The van der Waals surface area contributed by atoms with E-state index >= 15 is 0 Å². The highest BCUT2D eigenvalue weighted by Crippen LogP contribution is 2.38. The third kappa shape index (κ3) is 5.37. The average Bonchev–Trinajstić information content (AvgIpc) is 2.85. The molecular formula is C23H25N3O6. The fourth-order valence-electron chi connectivity index (χ4n) is 2.95. The molecule has 0 bridgehead atoms. The van der Waals surface area contributed by atoms with Crippen molar-refractivity contribution in [3.05, 3.63) is 54.1 Å². The lowest BCUT2D eigenvalue weighted by molar-refractivity contribution is 0.0945. The van der Waals surface area contributed by atoms with Crippen LogP contribution in [0.2, 0.25) is 0 Å². The molecule has 0 spiro atoms. The van der Waals surface area contributed by atoms with Crippen LogP contribution in [0.5, 0.6) is 28.9 Å². The van der Waals surface area contributed by atoms with Crippen LogP contribution in [0.1, 0.15) is 10.4 Å². The van der Waals surface area contributed by atoms with Crippen molar-refractivity contribution in [3.63, 3.8) is 0 Å². The maximum Gasteiger partial charge on any atom is 0.251 e. The second-order valence-electron chi connectivity index (χ2n) is 6.50.